The lowest BCUT2D eigenvalue weighted by Crippen LogP contribution is -2.45. The molecular weight excluding hydrogens is 586 g/mol. The molecule has 0 saturated carbocycles. The maximum atomic E-state index is 13.6. The highest BCUT2D eigenvalue weighted by molar-refractivity contribution is 6.04. The second-order valence-corrected chi connectivity index (χ2v) is 13.1. The number of hydrogen-bond donors (Lipinski definition) is 1. The molecule has 1 aromatic carbocycles. The van der Waals surface area contributed by atoms with Crippen LogP contribution in [0.15, 0.2) is 36.5 Å². The third kappa shape index (κ3) is 7.17. The van der Waals surface area contributed by atoms with Crippen molar-refractivity contribution in [2.75, 3.05) is 25.0 Å². The first kappa shape index (κ1) is 31.5. The van der Waals surface area contributed by atoms with Crippen molar-refractivity contribution in [2.45, 2.75) is 84.7 Å². The van der Waals surface area contributed by atoms with Crippen molar-refractivity contribution < 1.29 is 23.8 Å². The number of fused-ring (bicyclic) bond motifs is 7. The van der Waals surface area contributed by atoms with Gasteiger partial charge in [-0.3, -0.25) is 15.1 Å². The SMILES string of the molecule is Cc1cc2cc(n1)-c1cnn(C)c1OCCCCCn1c(nc3ccc(CO[C@@H]4CCCN(C(=O)OC(C)(C)C)C4)cc31)NC2=O. The summed E-state index contributed by atoms with van der Waals surface area (Å²) in [4.78, 5) is 37.5. The zero-order chi connectivity index (χ0) is 32.4. The largest absolute Gasteiger partial charge is 0.477 e. The molecule has 1 fully saturated rings. The van der Waals surface area contributed by atoms with Crippen LogP contribution in [0.2, 0.25) is 0 Å². The van der Waals surface area contributed by atoms with Gasteiger partial charge in [0.2, 0.25) is 11.8 Å². The van der Waals surface area contributed by atoms with Gasteiger partial charge in [-0.05, 0) is 89.6 Å². The van der Waals surface area contributed by atoms with Crippen LogP contribution in [-0.4, -0.2) is 72.6 Å². The molecule has 2 amide bonds. The van der Waals surface area contributed by atoms with Gasteiger partial charge < -0.3 is 23.7 Å². The van der Waals surface area contributed by atoms with Crippen LogP contribution < -0.4 is 10.1 Å². The number of amides is 2. The molecule has 0 unspecified atom stereocenters. The number of rotatable bonds is 3. The Hall–Kier alpha value is -4.45. The molecule has 0 spiro atoms. The first-order valence-corrected chi connectivity index (χ1v) is 16.1. The number of ether oxygens (including phenoxy) is 3. The van der Waals surface area contributed by atoms with Gasteiger partial charge in [-0.25, -0.2) is 14.5 Å². The smallest absolute Gasteiger partial charge is 0.410 e. The van der Waals surface area contributed by atoms with E-state index in [1.807, 2.05) is 46.9 Å². The number of aryl methyl sites for hydroxylation is 3. The summed E-state index contributed by atoms with van der Waals surface area (Å²) in [5, 5.41) is 7.45. The average Bonchev–Trinajstić information content (AvgIpc) is 3.55. The van der Waals surface area contributed by atoms with Crippen LogP contribution in [-0.2, 0) is 29.7 Å². The summed E-state index contributed by atoms with van der Waals surface area (Å²) in [5.74, 6) is 0.876. The third-order valence-corrected chi connectivity index (χ3v) is 8.19. The van der Waals surface area contributed by atoms with Crippen molar-refractivity contribution in [3.8, 4) is 17.1 Å². The molecule has 4 aromatic rings. The van der Waals surface area contributed by atoms with E-state index in [1.165, 1.54) is 0 Å². The van der Waals surface area contributed by atoms with E-state index in [0.29, 0.717) is 61.6 Å². The molecule has 12 heteroatoms. The molecular formula is C34H43N7O5. The van der Waals surface area contributed by atoms with E-state index in [1.54, 1.807) is 27.9 Å². The summed E-state index contributed by atoms with van der Waals surface area (Å²) in [6, 6.07) is 9.60. The average molecular weight is 630 g/mol. The lowest BCUT2D eigenvalue weighted by molar-refractivity contribution is -0.0258. The van der Waals surface area contributed by atoms with E-state index in [2.05, 4.69) is 26.0 Å². The van der Waals surface area contributed by atoms with E-state index in [0.717, 1.165) is 54.3 Å². The van der Waals surface area contributed by atoms with Crippen molar-refractivity contribution in [3.05, 3.63) is 53.3 Å². The van der Waals surface area contributed by atoms with Gasteiger partial charge in [0, 0.05) is 31.4 Å². The first-order valence-electron chi connectivity index (χ1n) is 16.1. The number of carbonyl (C=O) groups excluding carboxylic acids is 2. The number of imidazole rings is 1. The number of nitrogens with one attached hydrogen (secondary N) is 1. The van der Waals surface area contributed by atoms with E-state index in [9.17, 15) is 9.59 Å². The van der Waals surface area contributed by atoms with Crippen molar-refractivity contribution in [2.24, 2.45) is 7.05 Å². The minimum absolute atomic E-state index is 0.0720. The summed E-state index contributed by atoms with van der Waals surface area (Å²) in [7, 11) is 1.84. The minimum Gasteiger partial charge on any atom is -0.477 e. The Bertz CT molecular complexity index is 1740. The van der Waals surface area contributed by atoms with Gasteiger partial charge in [0.25, 0.3) is 5.91 Å². The second kappa shape index (κ2) is 13.1. The molecule has 2 aliphatic rings. The molecule has 12 nitrogen and oxygen atoms in total. The van der Waals surface area contributed by atoms with Gasteiger partial charge in [-0.15, -0.1) is 0 Å². The fourth-order valence-electron chi connectivity index (χ4n) is 5.96. The summed E-state index contributed by atoms with van der Waals surface area (Å²) in [5.41, 5.74) is 4.77. The minimum atomic E-state index is -0.534. The second-order valence-electron chi connectivity index (χ2n) is 13.1. The highest BCUT2D eigenvalue weighted by Crippen LogP contribution is 2.30. The molecule has 0 aliphatic carbocycles. The zero-order valence-corrected chi connectivity index (χ0v) is 27.3. The lowest BCUT2D eigenvalue weighted by atomic mass is 10.1. The molecule has 1 atom stereocenters. The van der Waals surface area contributed by atoms with Gasteiger partial charge in [-0.1, -0.05) is 6.07 Å². The highest BCUT2D eigenvalue weighted by atomic mass is 16.6. The summed E-state index contributed by atoms with van der Waals surface area (Å²) in [6.45, 7) is 10.3. The number of carbonyl (C=O) groups is 2. The zero-order valence-electron chi connectivity index (χ0n) is 27.3. The van der Waals surface area contributed by atoms with Crippen LogP contribution in [0, 0.1) is 6.92 Å². The standard InChI is InChI=1S/C34H43N7O5/c1-22-16-24-18-28(36-22)26-19-35-39(5)31(26)44-15-8-6-7-14-41-29-17-23(11-12-27(29)37-32(41)38-30(24)42)21-45-25-10-9-13-40(20-25)33(43)46-34(2,3)4/h11-12,16-19,25H,6-10,13-15,20-21H2,1-5H3,(H,37,38,42)/t25-/m1/s1. The molecule has 6 rings (SSSR count). The van der Waals surface area contributed by atoms with Gasteiger partial charge in [-0.2, -0.15) is 5.10 Å². The number of piperidine rings is 1. The molecule has 244 valence electrons. The summed E-state index contributed by atoms with van der Waals surface area (Å²) in [6.07, 6.45) is 5.79. The number of benzene rings is 1. The molecule has 0 radical (unpaired) electrons. The summed E-state index contributed by atoms with van der Waals surface area (Å²) < 4.78 is 21.8. The Balaban J connectivity index is 1.22. The molecule has 2 bridgehead atoms. The molecule has 5 heterocycles. The number of anilines is 1. The van der Waals surface area contributed by atoms with Crippen molar-refractivity contribution in [1.29, 1.82) is 0 Å². The molecule has 1 N–H and O–H groups in total. The Labute approximate surface area is 269 Å². The fraction of sp³-hybridized carbons (Fsp3) is 0.500. The Morgan fingerprint density at radius 2 is 1.93 bits per heavy atom. The van der Waals surface area contributed by atoms with E-state index >= 15 is 0 Å². The normalized spacial score (nSPS) is 17.7. The van der Waals surface area contributed by atoms with Gasteiger partial charge in [0.15, 0.2) is 0 Å². The van der Waals surface area contributed by atoms with Gasteiger partial charge in [0.05, 0.1) is 54.4 Å². The van der Waals surface area contributed by atoms with Crippen LogP contribution in [0.4, 0.5) is 10.7 Å². The fourth-order valence-corrected chi connectivity index (χ4v) is 5.96. The summed E-state index contributed by atoms with van der Waals surface area (Å²) >= 11 is 0. The van der Waals surface area contributed by atoms with Crippen LogP contribution in [0.3, 0.4) is 0 Å². The quantitative estimate of drug-likeness (QED) is 0.298. The van der Waals surface area contributed by atoms with Crippen LogP contribution in [0.5, 0.6) is 5.88 Å². The van der Waals surface area contributed by atoms with E-state index < -0.39 is 5.60 Å². The number of hydrogen-bond acceptors (Lipinski definition) is 8. The maximum absolute atomic E-state index is 13.6. The Morgan fingerprint density at radius 3 is 2.76 bits per heavy atom. The van der Waals surface area contributed by atoms with Crippen LogP contribution in [0.1, 0.15) is 74.5 Å². The predicted octanol–water partition coefficient (Wildman–Crippen LogP) is 5.87. The molecule has 46 heavy (non-hydrogen) atoms. The first-order chi connectivity index (χ1) is 22.0. The Kier molecular flexibility index (Phi) is 8.99. The number of likely N-dealkylation sites (tertiary alicyclic amines) is 1. The van der Waals surface area contributed by atoms with Crippen LogP contribution >= 0.6 is 0 Å². The van der Waals surface area contributed by atoms with E-state index in [-0.39, 0.29) is 18.1 Å². The number of nitrogens with zero attached hydrogens (tertiary/aromatic N) is 6. The maximum Gasteiger partial charge on any atom is 0.410 e. The number of pyridine rings is 1. The number of aromatic nitrogens is 5. The van der Waals surface area contributed by atoms with Crippen LogP contribution in [0.25, 0.3) is 22.3 Å². The predicted molar refractivity (Wildman–Crippen MR) is 174 cm³/mol. The highest BCUT2D eigenvalue weighted by Gasteiger charge is 2.28. The van der Waals surface area contributed by atoms with Gasteiger partial charge >= 0.3 is 6.09 Å². The van der Waals surface area contributed by atoms with Gasteiger partial charge in [0.1, 0.15) is 5.60 Å². The molecule has 3 aromatic heterocycles. The van der Waals surface area contributed by atoms with Crippen molar-refractivity contribution >= 4 is 29.0 Å². The topological polar surface area (TPSA) is 126 Å². The monoisotopic (exact) mass is 629 g/mol. The van der Waals surface area contributed by atoms with Crippen molar-refractivity contribution in [1.82, 2.24) is 29.2 Å². The molecule has 1 saturated heterocycles. The Morgan fingerprint density at radius 1 is 1.09 bits per heavy atom. The molecule has 2 aliphatic heterocycles. The van der Waals surface area contributed by atoms with E-state index in [4.69, 9.17) is 19.2 Å². The van der Waals surface area contributed by atoms with Crippen molar-refractivity contribution in [3.63, 3.8) is 0 Å². The third-order valence-electron chi connectivity index (χ3n) is 8.19. The lowest BCUT2D eigenvalue weighted by Gasteiger charge is -2.34.